The van der Waals surface area contributed by atoms with Crippen molar-refractivity contribution in [2.24, 2.45) is 12.8 Å². The molecule has 0 aliphatic carbocycles. The summed E-state index contributed by atoms with van der Waals surface area (Å²) in [5, 5.41) is 0.00750. The van der Waals surface area contributed by atoms with Gasteiger partial charge in [-0.2, -0.15) is 4.31 Å². The normalized spacial score (nSPS) is 11.9. The highest BCUT2D eigenvalue weighted by molar-refractivity contribution is 7.89. The first kappa shape index (κ1) is 13.1. The van der Waals surface area contributed by atoms with Crippen LogP contribution < -0.4 is 5.73 Å². The lowest BCUT2D eigenvalue weighted by atomic mass is 10.6. The number of likely N-dealkylation sites (N-methyl/N-ethyl adjacent to an activating group) is 1. The molecule has 6 nitrogen and oxygen atoms in total. The van der Waals surface area contributed by atoms with E-state index >= 15 is 0 Å². The Morgan fingerprint density at radius 1 is 1.69 bits per heavy atom. The highest BCUT2D eigenvalue weighted by Gasteiger charge is 2.25. The summed E-state index contributed by atoms with van der Waals surface area (Å²) >= 11 is 4.71. The van der Waals surface area contributed by atoms with Crippen LogP contribution in [0.15, 0.2) is 17.6 Å². The van der Waals surface area contributed by atoms with E-state index in [0.29, 0.717) is 6.54 Å². The first-order valence-electron chi connectivity index (χ1n) is 4.64. The van der Waals surface area contributed by atoms with Crippen LogP contribution in [-0.2, 0) is 17.1 Å². The fraction of sp³-hybridized carbons (Fsp3) is 0.500. The summed E-state index contributed by atoms with van der Waals surface area (Å²) in [5.41, 5.74) is 5.35. The smallest absolute Gasteiger partial charge is 0.262 e. The van der Waals surface area contributed by atoms with E-state index in [-0.39, 0.29) is 16.6 Å². The van der Waals surface area contributed by atoms with Crippen LogP contribution in [0, 0.1) is 0 Å². The number of hydrogen-bond acceptors (Lipinski definition) is 4. The Labute approximate surface area is 100 Å². The van der Waals surface area contributed by atoms with E-state index in [1.54, 1.807) is 18.5 Å². The molecule has 0 spiro atoms. The van der Waals surface area contributed by atoms with E-state index in [4.69, 9.17) is 18.0 Å². The molecule has 0 fully saturated rings. The topological polar surface area (TPSA) is 81.2 Å². The lowest BCUT2D eigenvalue weighted by molar-refractivity contribution is 0.465. The molecule has 0 unspecified atom stereocenters. The van der Waals surface area contributed by atoms with E-state index in [9.17, 15) is 8.42 Å². The van der Waals surface area contributed by atoms with Gasteiger partial charge < -0.3 is 10.3 Å². The average Bonchev–Trinajstić information content (AvgIpc) is 2.61. The molecule has 0 aromatic carbocycles. The highest BCUT2D eigenvalue weighted by atomic mass is 32.2. The van der Waals surface area contributed by atoms with Crippen LogP contribution in [0.25, 0.3) is 0 Å². The monoisotopic (exact) mass is 262 g/mol. The minimum absolute atomic E-state index is 0.00750. The van der Waals surface area contributed by atoms with Crippen molar-refractivity contribution in [2.75, 3.05) is 13.1 Å². The van der Waals surface area contributed by atoms with Gasteiger partial charge in [0.25, 0.3) is 10.0 Å². The molecule has 0 amide bonds. The molecule has 90 valence electrons. The predicted molar refractivity (Wildman–Crippen MR) is 64.4 cm³/mol. The number of sulfonamides is 1. The number of aryl methyl sites for hydroxylation is 1. The van der Waals surface area contributed by atoms with E-state index in [1.807, 2.05) is 0 Å². The zero-order chi connectivity index (χ0) is 12.3. The van der Waals surface area contributed by atoms with Gasteiger partial charge in [-0.05, 0) is 0 Å². The van der Waals surface area contributed by atoms with E-state index in [1.165, 1.54) is 16.8 Å². The van der Waals surface area contributed by atoms with Crippen LogP contribution in [0.4, 0.5) is 0 Å². The Bertz CT molecular complexity index is 480. The van der Waals surface area contributed by atoms with Crippen LogP contribution >= 0.6 is 12.2 Å². The summed E-state index contributed by atoms with van der Waals surface area (Å²) in [6.45, 7) is 2.06. The minimum Gasteiger partial charge on any atom is -0.392 e. The maximum absolute atomic E-state index is 12.0. The first-order valence-corrected chi connectivity index (χ1v) is 6.49. The van der Waals surface area contributed by atoms with Gasteiger partial charge in [0.15, 0.2) is 5.03 Å². The second-order valence-electron chi connectivity index (χ2n) is 3.27. The third-order valence-corrected chi connectivity index (χ3v) is 3.91. The Balaban J connectivity index is 3.04. The predicted octanol–water partition coefficient (Wildman–Crippen LogP) is -0.283. The van der Waals surface area contributed by atoms with Gasteiger partial charge in [-0.25, -0.2) is 13.4 Å². The molecule has 0 saturated heterocycles. The van der Waals surface area contributed by atoms with Gasteiger partial charge >= 0.3 is 0 Å². The molecule has 1 heterocycles. The molecule has 0 aliphatic heterocycles. The van der Waals surface area contributed by atoms with Crippen LogP contribution in [-0.4, -0.2) is 40.4 Å². The molecule has 1 rings (SSSR count). The number of rotatable bonds is 5. The van der Waals surface area contributed by atoms with Gasteiger partial charge in [-0.15, -0.1) is 0 Å². The molecule has 8 heteroatoms. The van der Waals surface area contributed by atoms with E-state index in [0.717, 1.165) is 0 Å². The van der Waals surface area contributed by atoms with E-state index < -0.39 is 10.0 Å². The third-order valence-electron chi connectivity index (χ3n) is 1.97. The van der Waals surface area contributed by atoms with Gasteiger partial charge in [0.2, 0.25) is 0 Å². The first-order chi connectivity index (χ1) is 7.37. The number of nitrogens with two attached hydrogens (primary N) is 1. The number of imidazole rings is 1. The highest BCUT2D eigenvalue weighted by Crippen LogP contribution is 2.12. The molecule has 16 heavy (non-hydrogen) atoms. The second-order valence-corrected chi connectivity index (χ2v) is 5.68. The molecule has 0 bridgehead atoms. The Morgan fingerprint density at radius 2 is 2.31 bits per heavy atom. The van der Waals surface area contributed by atoms with Crippen LogP contribution in [0.1, 0.15) is 6.92 Å². The number of nitrogens with zero attached hydrogens (tertiary/aromatic N) is 3. The lowest BCUT2D eigenvalue weighted by Crippen LogP contribution is -2.37. The van der Waals surface area contributed by atoms with Crippen LogP contribution in [0.3, 0.4) is 0 Å². The second kappa shape index (κ2) is 4.89. The minimum atomic E-state index is -3.59. The summed E-state index contributed by atoms with van der Waals surface area (Å²) < 4.78 is 26.9. The molecular weight excluding hydrogens is 248 g/mol. The van der Waals surface area contributed by atoms with Gasteiger partial charge in [0.05, 0.1) is 17.9 Å². The number of hydrogen-bond donors (Lipinski definition) is 1. The molecule has 0 atom stereocenters. The molecule has 2 N–H and O–H groups in total. The van der Waals surface area contributed by atoms with Crippen molar-refractivity contribution in [1.82, 2.24) is 13.9 Å². The van der Waals surface area contributed by atoms with E-state index in [2.05, 4.69) is 4.98 Å². The zero-order valence-corrected chi connectivity index (χ0v) is 10.8. The third kappa shape index (κ3) is 2.77. The van der Waals surface area contributed by atoms with Gasteiger partial charge in [0, 0.05) is 19.8 Å². The Morgan fingerprint density at radius 3 is 2.69 bits per heavy atom. The summed E-state index contributed by atoms with van der Waals surface area (Å²) in [5.74, 6) is 0. The van der Waals surface area contributed by atoms with Crippen LogP contribution in [0.2, 0.25) is 0 Å². The molecule has 0 radical (unpaired) electrons. The van der Waals surface area contributed by atoms with Gasteiger partial charge in [-0.3, -0.25) is 0 Å². The molecule has 1 aromatic heterocycles. The quantitative estimate of drug-likeness (QED) is 0.738. The van der Waals surface area contributed by atoms with Gasteiger partial charge in [0.1, 0.15) is 0 Å². The Hall–Kier alpha value is -0.990. The lowest BCUT2D eigenvalue weighted by Gasteiger charge is -2.17. The summed E-state index contributed by atoms with van der Waals surface area (Å²) in [6.07, 6.45) is 2.87. The van der Waals surface area contributed by atoms with Crippen LogP contribution in [0.5, 0.6) is 0 Å². The maximum atomic E-state index is 12.0. The van der Waals surface area contributed by atoms with Crippen molar-refractivity contribution in [3.05, 3.63) is 12.5 Å². The largest absolute Gasteiger partial charge is 0.392 e. The van der Waals surface area contributed by atoms with Crippen molar-refractivity contribution < 1.29 is 8.42 Å². The fourth-order valence-corrected chi connectivity index (χ4v) is 2.83. The number of aromatic nitrogens is 2. The average molecular weight is 262 g/mol. The SMILES string of the molecule is CCN(CC(N)=S)S(=O)(=O)c1cn(C)cn1. The van der Waals surface area contributed by atoms with Crippen molar-refractivity contribution in [3.63, 3.8) is 0 Å². The standard InChI is InChI=1S/C8H14N4O2S2/c1-3-12(4-7(9)15)16(13,14)8-5-11(2)6-10-8/h5-6H,3-4H2,1-2H3,(H2,9,15). The van der Waals surface area contributed by atoms with Crippen molar-refractivity contribution >= 4 is 27.2 Å². The fourth-order valence-electron chi connectivity index (χ4n) is 1.19. The van der Waals surface area contributed by atoms with Crippen molar-refractivity contribution in [1.29, 1.82) is 0 Å². The molecule has 0 saturated carbocycles. The van der Waals surface area contributed by atoms with Crippen molar-refractivity contribution in [2.45, 2.75) is 11.9 Å². The summed E-state index contributed by atoms with van der Waals surface area (Å²) in [4.78, 5) is 3.95. The van der Waals surface area contributed by atoms with Crippen molar-refractivity contribution in [3.8, 4) is 0 Å². The zero-order valence-electron chi connectivity index (χ0n) is 9.12. The summed E-state index contributed by atoms with van der Waals surface area (Å²) in [7, 11) is -1.89. The maximum Gasteiger partial charge on any atom is 0.262 e. The molecule has 1 aromatic rings. The molecular formula is C8H14N4O2S2. The Kier molecular flexibility index (Phi) is 4.00. The number of thiocarbonyl (C=S) groups is 1. The van der Waals surface area contributed by atoms with Gasteiger partial charge in [-0.1, -0.05) is 19.1 Å². The molecule has 0 aliphatic rings. The summed E-state index contributed by atoms with van der Waals surface area (Å²) in [6, 6.07) is 0.